The Morgan fingerprint density at radius 2 is 1.39 bits per heavy atom. The number of benzene rings is 4. The van der Waals surface area contributed by atoms with Gasteiger partial charge in [0, 0.05) is 5.92 Å². The highest BCUT2D eigenvalue weighted by atomic mass is 16.8. The first-order chi connectivity index (χ1) is 32.6. The second-order valence-electron chi connectivity index (χ2n) is 19.4. The zero-order valence-corrected chi connectivity index (χ0v) is 41.5. The number of hydrogen-bond donors (Lipinski definition) is 4. The van der Waals surface area contributed by atoms with Gasteiger partial charge < -0.3 is 44.1 Å². The van der Waals surface area contributed by atoms with E-state index in [4.69, 9.17) is 23.7 Å². The summed E-state index contributed by atoms with van der Waals surface area (Å²) in [5.74, 6) is -3.15. The van der Waals surface area contributed by atoms with Crippen molar-refractivity contribution in [2.45, 2.75) is 142 Å². The summed E-state index contributed by atoms with van der Waals surface area (Å²) < 4.78 is 30.0. The zero-order chi connectivity index (χ0) is 50.2. The fraction of sp³-hybridized carbons (Fsp3) is 0.414. The monoisotopic (exact) mass is 942 g/mol. The third kappa shape index (κ3) is 13.9. The first-order valence-electron chi connectivity index (χ1n) is 23.9. The van der Waals surface area contributed by atoms with E-state index in [0.717, 1.165) is 33.4 Å². The summed E-state index contributed by atoms with van der Waals surface area (Å²) >= 11 is 0. The molecule has 4 aromatic rings. The Balaban J connectivity index is 0.000000227. The van der Waals surface area contributed by atoms with Gasteiger partial charge in [-0.25, -0.2) is 9.59 Å². The lowest BCUT2D eigenvalue weighted by atomic mass is 9.93. The Bertz CT molecular complexity index is 2500. The molecular formula is C58H70O11. The van der Waals surface area contributed by atoms with E-state index in [1.54, 1.807) is 52.0 Å². The number of esters is 1. The molecule has 69 heavy (non-hydrogen) atoms. The molecule has 3 heterocycles. The van der Waals surface area contributed by atoms with E-state index >= 15 is 0 Å². The summed E-state index contributed by atoms with van der Waals surface area (Å²) in [6.07, 6.45) is 11.1. The Morgan fingerprint density at radius 3 is 2.01 bits per heavy atom. The number of carboxylic acids is 1. The van der Waals surface area contributed by atoms with Gasteiger partial charge in [0.05, 0.1) is 29.4 Å². The van der Waals surface area contributed by atoms with Crippen molar-refractivity contribution in [3.05, 3.63) is 155 Å². The molecule has 0 spiro atoms. The minimum Gasteiger partial charge on any atom is -0.478 e. The highest BCUT2D eigenvalue weighted by Crippen LogP contribution is 2.36. The lowest BCUT2D eigenvalue weighted by molar-refractivity contribution is -0.152. The molecule has 0 radical (unpaired) electrons. The largest absolute Gasteiger partial charge is 0.478 e. The summed E-state index contributed by atoms with van der Waals surface area (Å²) in [4.78, 5) is 25.2. The number of cyclic esters (lactones) is 1. The molecule has 2 unspecified atom stereocenters. The maximum atomic E-state index is 13.3. The van der Waals surface area contributed by atoms with Crippen LogP contribution in [-0.4, -0.2) is 92.8 Å². The number of carboxylic acid groups (broad SMARTS) is 1. The third-order valence-corrected chi connectivity index (χ3v) is 12.8. The number of carbonyl (C=O) groups excluding carboxylic acids is 1. The molecule has 4 N–H and O–H groups in total. The van der Waals surface area contributed by atoms with Crippen molar-refractivity contribution in [2.24, 2.45) is 11.8 Å². The summed E-state index contributed by atoms with van der Waals surface area (Å²) in [7, 11) is 0. The molecule has 0 amide bonds. The van der Waals surface area contributed by atoms with Crippen molar-refractivity contribution in [1.29, 1.82) is 0 Å². The second kappa shape index (κ2) is 22.9. The van der Waals surface area contributed by atoms with Crippen molar-refractivity contribution >= 4 is 24.1 Å². The quantitative estimate of drug-likeness (QED) is 0.0885. The van der Waals surface area contributed by atoms with Gasteiger partial charge in [0.2, 0.25) is 0 Å². The summed E-state index contributed by atoms with van der Waals surface area (Å²) in [6.45, 7) is 18.5. The summed E-state index contributed by atoms with van der Waals surface area (Å²) in [5, 5.41) is 41.0. The van der Waals surface area contributed by atoms with Crippen LogP contribution >= 0.6 is 0 Å². The van der Waals surface area contributed by atoms with E-state index in [1.165, 1.54) is 0 Å². The molecule has 0 aliphatic carbocycles. The van der Waals surface area contributed by atoms with Gasteiger partial charge in [-0.3, -0.25) is 0 Å². The van der Waals surface area contributed by atoms with Gasteiger partial charge in [-0.2, -0.15) is 0 Å². The van der Waals surface area contributed by atoms with Crippen LogP contribution < -0.4 is 0 Å². The Morgan fingerprint density at radius 1 is 0.783 bits per heavy atom. The van der Waals surface area contributed by atoms with E-state index in [0.29, 0.717) is 29.5 Å². The predicted molar refractivity (Wildman–Crippen MR) is 270 cm³/mol. The second-order valence-corrected chi connectivity index (χ2v) is 19.4. The van der Waals surface area contributed by atoms with Crippen LogP contribution in [0.15, 0.2) is 121 Å². The Kier molecular flexibility index (Phi) is 17.6. The summed E-state index contributed by atoms with van der Waals surface area (Å²) in [6, 6.07) is 27.8. The van der Waals surface area contributed by atoms with E-state index < -0.39 is 54.2 Å². The fourth-order valence-corrected chi connectivity index (χ4v) is 8.83. The van der Waals surface area contributed by atoms with Crippen LogP contribution in [0.5, 0.6) is 0 Å². The van der Waals surface area contributed by atoms with Crippen LogP contribution in [0.4, 0.5) is 0 Å². The molecule has 3 aliphatic rings. The van der Waals surface area contributed by atoms with Gasteiger partial charge in [0.15, 0.2) is 11.6 Å². The average molecular weight is 943 g/mol. The van der Waals surface area contributed by atoms with Crippen molar-refractivity contribution in [3.8, 4) is 22.3 Å². The van der Waals surface area contributed by atoms with Crippen LogP contribution in [0.1, 0.15) is 111 Å². The standard InChI is InChI=1S/C29H36O6.C29H34O5/c1-18(20(3)30)14-15-24(31)27-25(34-29(4,5)35-27)13-9-12-22-17-23(21-10-7-6-8-11-21)16-19(2)26(22)28(32)33;1-18-14-15-24(30)27-25(33-29(4,5)34-27)13-9-12-22-17-23(21-10-7-6-8-11-21)16-19(2)26(22)28(31)32-20(18)3/h6-12,14-18,20,24-25,27,30-31H,13H2,1-5H3,(H,32,33);6-12,14-18,20,24-25,27,30H,13H2,1-5H3/b2*12-9+,15-14-/t2*18-,20+,24?,25+,27-/m11/s1. The lowest BCUT2D eigenvalue weighted by Crippen LogP contribution is -2.34. The van der Waals surface area contributed by atoms with Crippen molar-refractivity contribution in [1.82, 2.24) is 0 Å². The predicted octanol–water partition coefficient (Wildman–Crippen LogP) is 10.9. The van der Waals surface area contributed by atoms with Crippen molar-refractivity contribution < 1.29 is 53.7 Å². The molecule has 7 rings (SSSR count). The first kappa shape index (κ1) is 52.9. The molecule has 2 saturated heterocycles. The lowest BCUT2D eigenvalue weighted by Gasteiger charge is -2.22. The number of carbonyl (C=O) groups is 2. The molecular weight excluding hydrogens is 873 g/mol. The third-order valence-electron chi connectivity index (χ3n) is 12.8. The number of fused-ring (bicyclic) bond motifs is 2. The van der Waals surface area contributed by atoms with Crippen molar-refractivity contribution in [2.75, 3.05) is 0 Å². The fourth-order valence-electron chi connectivity index (χ4n) is 8.83. The van der Waals surface area contributed by atoms with Crippen LogP contribution in [0.2, 0.25) is 0 Å². The molecule has 11 heteroatoms. The van der Waals surface area contributed by atoms with Crippen molar-refractivity contribution in [3.63, 3.8) is 0 Å². The number of hydrogen-bond acceptors (Lipinski definition) is 10. The highest BCUT2D eigenvalue weighted by Gasteiger charge is 2.44. The van der Waals surface area contributed by atoms with Gasteiger partial charge in [-0.15, -0.1) is 0 Å². The van der Waals surface area contributed by atoms with Gasteiger partial charge in [-0.05, 0) is 131 Å². The Labute approximate surface area is 407 Å². The topological polar surface area (TPSA) is 161 Å². The smallest absolute Gasteiger partial charge is 0.339 e. The number of aliphatic hydroxyl groups is 3. The minimum atomic E-state index is -0.978. The average Bonchev–Trinajstić information content (AvgIpc) is 3.79. The van der Waals surface area contributed by atoms with Gasteiger partial charge in [-0.1, -0.05) is 135 Å². The molecule has 11 nitrogen and oxygen atoms in total. The molecule has 0 aromatic heterocycles. The summed E-state index contributed by atoms with van der Waals surface area (Å²) in [5.41, 5.74) is 7.86. The number of aliphatic hydroxyl groups excluding tert-OH is 3. The molecule has 10 atom stereocenters. The van der Waals surface area contributed by atoms with E-state index in [-0.39, 0.29) is 35.6 Å². The van der Waals surface area contributed by atoms with E-state index in [1.807, 2.05) is 139 Å². The van der Waals surface area contributed by atoms with Crippen LogP contribution in [0, 0.1) is 25.7 Å². The normalized spacial score (nSPS) is 26.7. The molecule has 0 bridgehead atoms. The Hall–Kier alpha value is -5.50. The van der Waals surface area contributed by atoms with Gasteiger partial charge >= 0.3 is 11.9 Å². The van der Waals surface area contributed by atoms with E-state index in [9.17, 15) is 30.0 Å². The van der Waals surface area contributed by atoms with Crippen LogP contribution in [-0.2, 0) is 23.7 Å². The molecule has 3 aliphatic heterocycles. The van der Waals surface area contributed by atoms with Crippen LogP contribution in [0.3, 0.4) is 0 Å². The maximum absolute atomic E-state index is 13.3. The number of ether oxygens (including phenoxy) is 5. The minimum absolute atomic E-state index is 0.0850. The number of aromatic carboxylic acids is 1. The maximum Gasteiger partial charge on any atom is 0.339 e. The van der Waals surface area contributed by atoms with Gasteiger partial charge in [0.1, 0.15) is 30.5 Å². The first-order valence-corrected chi connectivity index (χ1v) is 23.9. The molecule has 2 fully saturated rings. The molecule has 0 saturated carbocycles. The van der Waals surface area contributed by atoms with Gasteiger partial charge in [0.25, 0.3) is 0 Å². The van der Waals surface area contributed by atoms with Crippen LogP contribution in [0.25, 0.3) is 34.4 Å². The highest BCUT2D eigenvalue weighted by molar-refractivity contribution is 5.97. The zero-order valence-electron chi connectivity index (χ0n) is 41.5. The molecule has 368 valence electrons. The number of aryl methyl sites for hydroxylation is 2. The molecule has 4 aromatic carbocycles. The number of rotatable bonds is 10. The SMILES string of the molecule is Cc1cc(-c2ccccc2)cc(/C=C/C[C@@H]2OC(C)(C)O[C@@H]2C(O)/C=C\[C@@H](C)[C@H](C)O)c1C(=O)O.Cc1cc(-c2ccccc2)cc2c1C(=O)O[C@@H](C)[C@H](C)/C=C\C(O)[C@H]1OC(C)(C)O[C@H]1C/C=C/2. The van der Waals surface area contributed by atoms with E-state index in [2.05, 4.69) is 12.1 Å².